The minimum atomic E-state index is -0.608. The van der Waals surface area contributed by atoms with Gasteiger partial charge < -0.3 is 14.9 Å². The molecule has 1 aliphatic carbocycles. The van der Waals surface area contributed by atoms with Gasteiger partial charge in [0.05, 0.1) is 0 Å². The Morgan fingerprint density at radius 3 is 2.41 bits per heavy atom. The van der Waals surface area contributed by atoms with Crippen LogP contribution in [0.5, 0.6) is 0 Å². The molecule has 1 spiro atoms. The maximum Gasteiger partial charge on any atom is 0.163 e. The minimum absolute atomic E-state index is 0.0268. The van der Waals surface area contributed by atoms with E-state index in [-0.39, 0.29) is 11.1 Å². The second-order valence-corrected chi connectivity index (χ2v) is 10.8. The maximum atomic E-state index is 10.9. The zero-order chi connectivity index (χ0) is 23.8. The van der Waals surface area contributed by atoms with Gasteiger partial charge in [-0.1, -0.05) is 30.3 Å². The average molecular weight is 465 g/mol. The number of nitrogens with zero attached hydrogens (tertiary/aromatic N) is 5. The monoisotopic (exact) mass is 464 g/mol. The fourth-order valence-corrected chi connectivity index (χ4v) is 6.22. The molecule has 34 heavy (non-hydrogen) atoms. The van der Waals surface area contributed by atoms with Crippen molar-refractivity contribution in [3.8, 4) is 0 Å². The molecule has 184 valence electrons. The summed E-state index contributed by atoms with van der Waals surface area (Å²) in [5.41, 5.74) is 2.65. The smallest absolute Gasteiger partial charge is 0.163 e. The van der Waals surface area contributed by atoms with Gasteiger partial charge in [0, 0.05) is 56.5 Å². The van der Waals surface area contributed by atoms with Crippen LogP contribution in [0, 0.1) is 0 Å². The van der Waals surface area contributed by atoms with Gasteiger partial charge in [0.2, 0.25) is 0 Å². The van der Waals surface area contributed by atoms with Gasteiger partial charge in [-0.15, -0.1) is 0 Å². The number of aliphatic hydroxyl groups is 1. The van der Waals surface area contributed by atoms with Gasteiger partial charge in [0.15, 0.2) is 6.35 Å². The molecule has 3 fully saturated rings. The number of anilines is 1. The summed E-state index contributed by atoms with van der Waals surface area (Å²) in [5.74, 6) is 1.05. The molecule has 3 aliphatic rings. The van der Waals surface area contributed by atoms with E-state index in [1.165, 1.54) is 11.1 Å². The Balaban J connectivity index is 1.25. The first-order chi connectivity index (χ1) is 16.4. The first kappa shape index (κ1) is 23.7. The van der Waals surface area contributed by atoms with E-state index in [9.17, 15) is 5.11 Å². The van der Waals surface area contributed by atoms with E-state index < -0.39 is 6.35 Å². The Hall–Kier alpha value is -2.03. The average Bonchev–Trinajstić information content (AvgIpc) is 3.15. The summed E-state index contributed by atoms with van der Waals surface area (Å²) in [6, 6.07) is 15.2. The third-order valence-corrected chi connectivity index (χ3v) is 8.51. The summed E-state index contributed by atoms with van der Waals surface area (Å²) in [6.45, 7) is 5.77. The lowest BCUT2D eigenvalue weighted by atomic mass is 9.69. The van der Waals surface area contributed by atoms with Crippen molar-refractivity contribution in [3.05, 3.63) is 59.8 Å². The van der Waals surface area contributed by atoms with Crippen molar-refractivity contribution >= 4 is 5.82 Å². The van der Waals surface area contributed by atoms with E-state index in [4.69, 9.17) is 0 Å². The molecule has 1 aromatic carbocycles. The number of piperazine rings is 1. The molecule has 0 radical (unpaired) electrons. The van der Waals surface area contributed by atoms with Crippen molar-refractivity contribution in [1.82, 2.24) is 25.0 Å². The minimum Gasteiger partial charge on any atom is -0.365 e. The van der Waals surface area contributed by atoms with E-state index in [1.807, 2.05) is 6.20 Å². The van der Waals surface area contributed by atoms with Crippen molar-refractivity contribution in [3.63, 3.8) is 0 Å². The summed E-state index contributed by atoms with van der Waals surface area (Å²) in [6.07, 6.45) is 5.58. The molecule has 1 unspecified atom stereocenters. The quantitative estimate of drug-likeness (QED) is 0.704. The van der Waals surface area contributed by atoms with Gasteiger partial charge in [-0.05, 0) is 70.1 Å². The van der Waals surface area contributed by atoms with Crippen molar-refractivity contribution < 1.29 is 5.11 Å². The Morgan fingerprint density at radius 2 is 1.74 bits per heavy atom. The predicted octanol–water partition coefficient (Wildman–Crippen LogP) is 2.28. The molecule has 3 heterocycles. The Labute approximate surface area is 204 Å². The van der Waals surface area contributed by atoms with Gasteiger partial charge in [-0.3, -0.25) is 15.1 Å². The molecule has 1 saturated carbocycles. The van der Waals surface area contributed by atoms with Gasteiger partial charge in [-0.25, -0.2) is 4.98 Å². The molecule has 0 bridgehead atoms. The second-order valence-electron chi connectivity index (χ2n) is 10.8. The van der Waals surface area contributed by atoms with Crippen LogP contribution in [-0.4, -0.2) is 90.5 Å². The highest BCUT2D eigenvalue weighted by Gasteiger charge is 2.49. The SMILES string of the molecule is CN1CCN(c2cc(CN3CC4(CCC(c5ccccc5)(N(C)C)CC4)NC3O)ccn2)CC1. The molecule has 2 aromatic rings. The summed E-state index contributed by atoms with van der Waals surface area (Å²) in [7, 11) is 6.58. The summed E-state index contributed by atoms with van der Waals surface area (Å²) < 4.78 is 0. The number of hydrogen-bond donors (Lipinski definition) is 2. The molecule has 1 atom stereocenters. The number of aromatic nitrogens is 1. The van der Waals surface area contributed by atoms with Crippen LogP contribution in [0.4, 0.5) is 5.82 Å². The van der Waals surface area contributed by atoms with Gasteiger partial charge in [0.25, 0.3) is 0 Å². The van der Waals surface area contributed by atoms with Gasteiger partial charge >= 0.3 is 0 Å². The highest BCUT2D eigenvalue weighted by Crippen LogP contribution is 2.46. The number of aliphatic hydroxyl groups excluding tert-OH is 1. The van der Waals surface area contributed by atoms with Crippen LogP contribution >= 0.6 is 0 Å². The number of hydrogen-bond acceptors (Lipinski definition) is 7. The van der Waals surface area contributed by atoms with Crippen molar-refractivity contribution in [2.24, 2.45) is 0 Å². The standard InChI is InChI=1S/C27H40N6O/c1-30(2)27(23-7-5-4-6-8-23)12-10-26(11-13-27)21-33(25(34)29-26)20-22-9-14-28-24(19-22)32-17-15-31(3)16-18-32/h4-9,14,19,25,29,34H,10-13,15-18,20-21H2,1-3H3. The first-order valence-electron chi connectivity index (χ1n) is 12.7. The Kier molecular flexibility index (Phi) is 6.66. The number of nitrogens with one attached hydrogen (secondary N) is 1. The normalized spacial score (nSPS) is 31.0. The van der Waals surface area contributed by atoms with Crippen LogP contribution in [0.2, 0.25) is 0 Å². The highest BCUT2D eigenvalue weighted by molar-refractivity contribution is 5.41. The first-order valence-corrected chi connectivity index (χ1v) is 12.7. The molecule has 2 aliphatic heterocycles. The predicted molar refractivity (Wildman–Crippen MR) is 137 cm³/mol. The van der Waals surface area contributed by atoms with Crippen LogP contribution in [0.1, 0.15) is 36.8 Å². The molecular weight excluding hydrogens is 424 g/mol. The maximum absolute atomic E-state index is 10.9. The number of rotatable bonds is 5. The Bertz CT molecular complexity index is 951. The lowest BCUT2D eigenvalue weighted by Crippen LogP contribution is -2.54. The van der Waals surface area contributed by atoms with E-state index in [1.54, 1.807) is 0 Å². The summed E-state index contributed by atoms with van der Waals surface area (Å²) >= 11 is 0. The Morgan fingerprint density at radius 1 is 1.03 bits per heavy atom. The second kappa shape index (κ2) is 9.55. The fourth-order valence-electron chi connectivity index (χ4n) is 6.22. The number of likely N-dealkylation sites (N-methyl/N-ethyl adjacent to an activating group) is 1. The van der Waals surface area contributed by atoms with Gasteiger partial charge in [0.1, 0.15) is 5.82 Å². The van der Waals surface area contributed by atoms with Crippen LogP contribution in [-0.2, 0) is 12.1 Å². The zero-order valence-electron chi connectivity index (χ0n) is 21.0. The number of benzene rings is 1. The highest BCUT2D eigenvalue weighted by atomic mass is 16.3. The zero-order valence-corrected chi connectivity index (χ0v) is 21.0. The van der Waals surface area contributed by atoms with Crippen molar-refractivity contribution in [1.29, 1.82) is 0 Å². The third-order valence-electron chi connectivity index (χ3n) is 8.51. The molecule has 2 N–H and O–H groups in total. The molecule has 0 amide bonds. The molecule has 5 rings (SSSR count). The van der Waals surface area contributed by atoms with Crippen molar-refractivity contribution in [2.75, 3.05) is 58.8 Å². The van der Waals surface area contributed by atoms with Crippen LogP contribution < -0.4 is 10.2 Å². The van der Waals surface area contributed by atoms with Gasteiger partial charge in [-0.2, -0.15) is 0 Å². The van der Waals surface area contributed by atoms with Crippen LogP contribution in [0.3, 0.4) is 0 Å². The van der Waals surface area contributed by atoms with Crippen LogP contribution in [0.15, 0.2) is 48.7 Å². The molecule has 7 heteroatoms. The number of pyridine rings is 1. The van der Waals surface area contributed by atoms with Crippen molar-refractivity contribution in [2.45, 2.75) is 49.7 Å². The topological polar surface area (TPSA) is 58.1 Å². The molecular formula is C27H40N6O. The lowest BCUT2D eigenvalue weighted by molar-refractivity contribution is 0.0126. The third kappa shape index (κ3) is 4.60. The summed E-state index contributed by atoms with van der Waals surface area (Å²) in [4.78, 5) is 13.9. The van der Waals surface area contributed by atoms with E-state index in [2.05, 4.69) is 93.5 Å². The fraction of sp³-hybridized carbons (Fsp3) is 0.593. The van der Waals surface area contributed by atoms with E-state index in [0.29, 0.717) is 0 Å². The summed E-state index contributed by atoms with van der Waals surface area (Å²) in [5, 5.41) is 14.5. The van der Waals surface area contributed by atoms with Crippen LogP contribution in [0.25, 0.3) is 0 Å². The largest absolute Gasteiger partial charge is 0.365 e. The van der Waals surface area contributed by atoms with E-state index >= 15 is 0 Å². The lowest BCUT2D eigenvalue weighted by Gasteiger charge is -2.49. The molecule has 2 saturated heterocycles. The molecule has 1 aromatic heterocycles. The molecule has 7 nitrogen and oxygen atoms in total. The van der Waals surface area contributed by atoms with E-state index in [0.717, 1.165) is 70.8 Å².